The zero-order valence-corrected chi connectivity index (χ0v) is 8.81. The van der Waals surface area contributed by atoms with Gasteiger partial charge in [-0.15, -0.1) is 0 Å². The molecule has 0 saturated heterocycles. The molecule has 83 valence electrons. The van der Waals surface area contributed by atoms with Crippen molar-refractivity contribution in [2.75, 3.05) is 20.3 Å². The van der Waals surface area contributed by atoms with Gasteiger partial charge in [0.1, 0.15) is 11.6 Å². The molecule has 1 aromatic rings. The highest BCUT2D eigenvalue weighted by atomic mass is 19.1. The van der Waals surface area contributed by atoms with E-state index in [0.717, 1.165) is 0 Å². The summed E-state index contributed by atoms with van der Waals surface area (Å²) >= 11 is 0. The summed E-state index contributed by atoms with van der Waals surface area (Å²) in [6.07, 6.45) is 0. The predicted octanol–water partition coefficient (Wildman–Crippen LogP) is 2.06. The molecular weight excluding hydrogens is 200 g/mol. The van der Waals surface area contributed by atoms with Crippen molar-refractivity contribution >= 4 is 0 Å². The summed E-state index contributed by atoms with van der Waals surface area (Å²) in [5.74, 6) is -1.35. The van der Waals surface area contributed by atoms with Gasteiger partial charge in [0.05, 0.1) is 12.7 Å². The largest absolute Gasteiger partial charge is 0.383 e. The summed E-state index contributed by atoms with van der Waals surface area (Å²) in [4.78, 5) is 0. The Morgan fingerprint density at radius 1 is 1.40 bits per heavy atom. The number of hydrogen-bond donors (Lipinski definition) is 1. The number of ether oxygens (including phenoxy) is 1. The Morgan fingerprint density at radius 3 is 2.53 bits per heavy atom. The molecule has 15 heavy (non-hydrogen) atoms. The number of nitrogens with one attached hydrogen (secondary N) is 1. The van der Waals surface area contributed by atoms with E-state index in [1.54, 1.807) is 7.11 Å². The lowest BCUT2D eigenvalue weighted by molar-refractivity contribution is 0.196. The molecular formula is C11H14F2NO. The van der Waals surface area contributed by atoms with Crippen molar-refractivity contribution < 1.29 is 13.5 Å². The number of rotatable bonds is 5. The minimum absolute atomic E-state index is 0.112. The van der Waals surface area contributed by atoms with Gasteiger partial charge in [-0.1, -0.05) is 0 Å². The number of benzene rings is 1. The minimum Gasteiger partial charge on any atom is -0.383 e. The Bertz CT molecular complexity index is 297. The summed E-state index contributed by atoms with van der Waals surface area (Å²) in [6, 6.07) is 4.38. The summed E-state index contributed by atoms with van der Waals surface area (Å²) in [5, 5.41) is 3.08. The van der Waals surface area contributed by atoms with Crippen LogP contribution < -0.4 is 5.32 Å². The third-order valence-corrected chi connectivity index (χ3v) is 2.08. The van der Waals surface area contributed by atoms with Gasteiger partial charge in [-0.25, -0.2) is 8.78 Å². The van der Waals surface area contributed by atoms with E-state index in [0.29, 0.717) is 18.7 Å². The highest BCUT2D eigenvalue weighted by Gasteiger charge is 2.07. The Hall–Kier alpha value is -1.00. The molecule has 0 fully saturated rings. The van der Waals surface area contributed by atoms with E-state index in [2.05, 4.69) is 5.32 Å². The van der Waals surface area contributed by atoms with Crippen LogP contribution in [0.1, 0.15) is 18.5 Å². The summed E-state index contributed by atoms with van der Waals surface area (Å²) < 4.78 is 30.5. The van der Waals surface area contributed by atoms with Crippen LogP contribution in [0.4, 0.5) is 8.78 Å². The Labute approximate surface area is 88.3 Å². The SMILES string of the molecule is COCCN[C@@H](C)c1cc(F)[c]c(F)c1. The first kappa shape index (κ1) is 12.1. The molecule has 1 radical (unpaired) electrons. The third-order valence-electron chi connectivity index (χ3n) is 2.08. The van der Waals surface area contributed by atoms with Crippen molar-refractivity contribution in [2.45, 2.75) is 13.0 Å². The second-order valence-corrected chi connectivity index (χ2v) is 3.28. The molecule has 1 aromatic carbocycles. The zero-order valence-electron chi connectivity index (χ0n) is 8.81. The number of halogens is 2. The normalized spacial score (nSPS) is 12.8. The van der Waals surface area contributed by atoms with Gasteiger partial charge in [0.25, 0.3) is 0 Å². The lowest BCUT2D eigenvalue weighted by Gasteiger charge is -2.13. The van der Waals surface area contributed by atoms with Crippen LogP contribution in [0.2, 0.25) is 0 Å². The molecule has 2 nitrogen and oxygen atoms in total. The fraction of sp³-hybridized carbons (Fsp3) is 0.455. The Balaban J connectivity index is 2.60. The lowest BCUT2D eigenvalue weighted by Crippen LogP contribution is -2.23. The Kier molecular flexibility index (Phi) is 4.65. The maximum absolute atomic E-state index is 12.8. The molecule has 0 aliphatic carbocycles. The quantitative estimate of drug-likeness (QED) is 0.757. The summed E-state index contributed by atoms with van der Waals surface area (Å²) in [7, 11) is 1.60. The van der Waals surface area contributed by atoms with Crippen LogP contribution in [0.3, 0.4) is 0 Å². The number of hydrogen-bond acceptors (Lipinski definition) is 2. The average molecular weight is 214 g/mol. The van der Waals surface area contributed by atoms with Crippen molar-refractivity contribution in [3.63, 3.8) is 0 Å². The van der Waals surface area contributed by atoms with Crippen LogP contribution in [0.15, 0.2) is 12.1 Å². The highest BCUT2D eigenvalue weighted by Crippen LogP contribution is 2.14. The number of methoxy groups -OCH3 is 1. The zero-order chi connectivity index (χ0) is 11.3. The van der Waals surface area contributed by atoms with Crippen molar-refractivity contribution in [2.24, 2.45) is 0 Å². The van der Waals surface area contributed by atoms with E-state index < -0.39 is 11.6 Å². The van der Waals surface area contributed by atoms with Crippen molar-refractivity contribution in [3.8, 4) is 0 Å². The van der Waals surface area contributed by atoms with Gasteiger partial charge >= 0.3 is 0 Å². The second-order valence-electron chi connectivity index (χ2n) is 3.28. The van der Waals surface area contributed by atoms with E-state index >= 15 is 0 Å². The average Bonchev–Trinajstić information content (AvgIpc) is 2.16. The van der Waals surface area contributed by atoms with E-state index in [9.17, 15) is 8.78 Å². The molecule has 4 heteroatoms. The highest BCUT2D eigenvalue weighted by molar-refractivity contribution is 5.20. The van der Waals surface area contributed by atoms with Gasteiger partial charge in [-0.3, -0.25) is 0 Å². The van der Waals surface area contributed by atoms with Crippen LogP contribution >= 0.6 is 0 Å². The molecule has 0 aromatic heterocycles. The maximum Gasteiger partial charge on any atom is 0.134 e. The van der Waals surface area contributed by atoms with E-state index in [1.807, 2.05) is 13.0 Å². The van der Waals surface area contributed by atoms with Crippen molar-refractivity contribution in [1.29, 1.82) is 0 Å². The molecule has 0 aliphatic rings. The first-order valence-electron chi connectivity index (χ1n) is 4.74. The smallest absolute Gasteiger partial charge is 0.134 e. The van der Waals surface area contributed by atoms with Crippen molar-refractivity contribution in [1.82, 2.24) is 5.32 Å². The lowest BCUT2D eigenvalue weighted by atomic mass is 10.1. The standard InChI is InChI=1S/C11H14F2NO/c1-8(14-3-4-15-2)9-5-10(12)7-11(13)6-9/h5-6,8,14H,3-4H2,1-2H3/t8-/m0/s1. The molecule has 0 saturated carbocycles. The fourth-order valence-electron chi connectivity index (χ4n) is 1.27. The fourth-order valence-corrected chi connectivity index (χ4v) is 1.27. The van der Waals surface area contributed by atoms with Crippen LogP contribution in [-0.4, -0.2) is 20.3 Å². The first-order valence-corrected chi connectivity index (χ1v) is 4.74. The van der Waals surface area contributed by atoms with Crippen molar-refractivity contribution in [3.05, 3.63) is 35.4 Å². The summed E-state index contributed by atoms with van der Waals surface area (Å²) in [5.41, 5.74) is 0.569. The van der Waals surface area contributed by atoms with Gasteiger partial charge in [-0.05, 0) is 24.6 Å². The molecule has 0 bridgehead atoms. The van der Waals surface area contributed by atoms with Gasteiger partial charge in [0.2, 0.25) is 0 Å². The third kappa shape index (κ3) is 3.93. The summed E-state index contributed by atoms with van der Waals surface area (Å²) in [6.45, 7) is 3.04. The van der Waals surface area contributed by atoms with Gasteiger partial charge in [-0.2, -0.15) is 0 Å². The second kappa shape index (κ2) is 5.78. The maximum atomic E-state index is 12.8. The van der Waals surface area contributed by atoms with Gasteiger partial charge in [0, 0.05) is 19.7 Å². The first-order chi connectivity index (χ1) is 7.13. The molecule has 1 N–H and O–H groups in total. The molecule has 1 rings (SSSR count). The topological polar surface area (TPSA) is 21.3 Å². The van der Waals surface area contributed by atoms with E-state index in [4.69, 9.17) is 4.74 Å². The Morgan fingerprint density at radius 2 is 2.00 bits per heavy atom. The molecule has 0 heterocycles. The van der Waals surface area contributed by atoms with Crippen LogP contribution in [-0.2, 0) is 4.74 Å². The van der Waals surface area contributed by atoms with Gasteiger partial charge in [0.15, 0.2) is 0 Å². The van der Waals surface area contributed by atoms with E-state index in [-0.39, 0.29) is 6.04 Å². The van der Waals surface area contributed by atoms with E-state index in [1.165, 1.54) is 12.1 Å². The van der Waals surface area contributed by atoms with Crippen LogP contribution in [0.5, 0.6) is 0 Å². The van der Waals surface area contributed by atoms with Crippen LogP contribution in [0.25, 0.3) is 0 Å². The molecule has 0 unspecified atom stereocenters. The molecule has 0 amide bonds. The molecule has 0 aliphatic heterocycles. The molecule has 0 spiro atoms. The predicted molar refractivity (Wildman–Crippen MR) is 53.5 cm³/mol. The molecule has 1 atom stereocenters. The minimum atomic E-state index is -0.676. The van der Waals surface area contributed by atoms with Gasteiger partial charge < -0.3 is 10.1 Å². The van der Waals surface area contributed by atoms with Crippen LogP contribution in [0, 0.1) is 17.7 Å². The monoisotopic (exact) mass is 214 g/mol.